The molecule has 0 amide bonds. The number of halogens is 1. The van der Waals surface area contributed by atoms with E-state index in [1.807, 2.05) is 31.3 Å². The number of benzene rings is 2. The van der Waals surface area contributed by atoms with Gasteiger partial charge in [-0.2, -0.15) is 0 Å². The van der Waals surface area contributed by atoms with E-state index in [0.717, 1.165) is 5.75 Å². The summed E-state index contributed by atoms with van der Waals surface area (Å²) < 4.78 is 19.3. The molecule has 1 atom stereocenters. The molecule has 0 aromatic heterocycles. The van der Waals surface area contributed by atoms with Crippen molar-refractivity contribution in [2.45, 2.75) is 10.9 Å². The van der Waals surface area contributed by atoms with Gasteiger partial charge in [0, 0.05) is 22.3 Å². The number of methoxy groups -OCH3 is 1. The molecule has 0 aliphatic rings. The number of thioether (sulfide) groups is 1. The largest absolute Gasteiger partial charge is 0.494 e. The first-order valence-corrected chi connectivity index (χ1v) is 7.42. The molecule has 1 N–H and O–H groups in total. The van der Waals surface area contributed by atoms with Crippen molar-refractivity contribution in [2.75, 3.05) is 19.9 Å². The van der Waals surface area contributed by atoms with Crippen LogP contribution in [0.15, 0.2) is 53.4 Å². The van der Waals surface area contributed by atoms with Gasteiger partial charge in [0.15, 0.2) is 11.6 Å². The summed E-state index contributed by atoms with van der Waals surface area (Å²) in [6, 6.07) is 15.3. The van der Waals surface area contributed by atoms with E-state index in [1.165, 1.54) is 12.0 Å². The monoisotopic (exact) mass is 291 g/mol. The van der Waals surface area contributed by atoms with Gasteiger partial charge in [0.2, 0.25) is 0 Å². The van der Waals surface area contributed by atoms with E-state index in [4.69, 9.17) is 4.74 Å². The summed E-state index contributed by atoms with van der Waals surface area (Å²) >= 11 is 1.70. The molecule has 2 aromatic rings. The second-order valence-electron chi connectivity index (χ2n) is 4.33. The van der Waals surface area contributed by atoms with Crippen LogP contribution in [0.3, 0.4) is 0 Å². The van der Waals surface area contributed by atoms with Gasteiger partial charge >= 0.3 is 0 Å². The zero-order chi connectivity index (χ0) is 14.4. The van der Waals surface area contributed by atoms with Crippen molar-refractivity contribution in [3.8, 4) is 5.75 Å². The molecule has 0 bridgehead atoms. The van der Waals surface area contributed by atoms with Gasteiger partial charge in [0.25, 0.3) is 0 Å². The van der Waals surface area contributed by atoms with Crippen LogP contribution in [0.25, 0.3) is 0 Å². The second kappa shape index (κ2) is 7.31. The van der Waals surface area contributed by atoms with Crippen molar-refractivity contribution in [1.82, 2.24) is 5.32 Å². The van der Waals surface area contributed by atoms with Crippen LogP contribution in [-0.4, -0.2) is 19.9 Å². The molecule has 4 heteroatoms. The first kappa shape index (κ1) is 14.9. The molecule has 0 aliphatic heterocycles. The van der Waals surface area contributed by atoms with Crippen LogP contribution in [-0.2, 0) is 0 Å². The Morgan fingerprint density at radius 2 is 1.90 bits per heavy atom. The van der Waals surface area contributed by atoms with Crippen molar-refractivity contribution in [3.05, 3.63) is 59.9 Å². The average Bonchev–Trinajstić information content (AvgIpc) is 2.50. The van der Waals surface area contributed by atoms with Crippen LogP contribution in [0, 0.1) is 5.82 Å². The molecule has 106 valence electrons. The summed E-state index contributed by atoms with van der Waals surface area (Å²) in [7, 11) is 3.32. The molecule has 20 heavy (non-hydrogen) atoms. The van der Waals surface area contributed by atoms with Crippen molar-refractivity contribution in [1.29, 1.82) is 0 Å². The van der Waals surface area contributed by atoms with Crippen LogP contribution >= 0.6 is 11.8 Å². The second-order valence-corrected chi connectivity index (χ2v) is 5.42. The molecule has 0 aliphatic carbocycles. The van der Waals surface area contributed by atoms with Gasteiger partial charge in [-0.1, -0.05) is 30.3 Å². The van der Waals surface area contributed by atoms with E-state index >= 15 is 0 Å². The maximum absolute atomic E-state index is 14.3. The molecule has 0 spiro atoms. The lowest BCUT2D eigenvalue weighted by molar-refractivity contribution is 0.381. The lowest BCUT2D eigenvalue weighted by Gasteiger charge is -2.18. The third kappa shape index (κ3) is 3.52. The van der Waals surface area contributed by atoms with Crippen LogP contribution in [0.5, 0.6) is 5.75 Å². The van der Waals surface area contributed by atoms with Gasteiger partial charge in [-0.05, 0) is 25.2 Å². The fourth-order valence-corrected chi connectivity index (χ4v) is 3.03. The zero-order valence-corrected chi connectivity index (χ0v) is 12.4. The summed E-state index contributed by atoms with van der Waals surface area (Å²) in [5, 5.41) is 3.16. The van der Waals surface area contributed by atoms with E-state index in [1.54, 1.807) is 23.9 Å². The predicted molar refractivity (Wildman–Crippen MR) is 81.9 cm³/mol. The van der Waals surface area contributed by atoms with Crippen LogP contribution in [0.1, 0.15) is 11.6 Å². The Labute approximate surface area is 123 Å². The van der Waals surface area contributed by atoms with E-state index in [0.29, 0.717) is 5.56 Å². The highest BCUT2D eigenvalue weighted by Gasteiger charge is 2.17. The van der Waals surface area contributed by atoms with Crippen molar-refractivity contribution < 1.29 is 9.13 Å². The Morgan fingerprint density at radius 3 is 2.55 bits per heavy atom. The Morgan fingerprint density at radius 1 is 1.15 bits per heavy atom. The third-order valence-electron chi connectivity index (χ3n) is 3.10. The molecule has 0 saturated carbocycles. The Bertz CT molecular complexity index is 547. The summed E-state index contributed by atoms with van der Waals surface area (Å²) in [6.07, 6.45) is 0. The normalized spacial score (nSPS) is 12.2. The van der Waals surface area contributed by atoms with Crippen LogP contribution in [0.2, 0.25) is 0 Å². The average molecular weight is 291 g/mol. The molecular formula is C16H18FNOS. The Balaban J connectivity index is 2.12. The smallest absolute Gasteiger partial charge is 0.169 e. The summed E-state index contributed by atoms with van der Waals surface area (Å²) in [5.74, 6) is 0.750. The molecule has 1 unspecified atom stereocenters. The maximum Gasteiger partial charge on any atom is 0.169 e. The fraction of sp³-hybridized carbons (Fsp3) is 0.250. The van der Waals surface area contributed by atoms with Gasteiger partial charge in [0.1, 0.15) is 0 Å². The van der Waals surface area contributed by atoms with Crippen LogP contribution < -0.4 is 10.1 Å². The van der Waals surface area contributed by atoms with E-state index < -0.39 is 0 Å². The minimum atomic E-state index is -0.289. The molecule has 0 radical (unpaired) electrons. The van der Waals surface area contributed by atoms with E-state index in [9.17, 15) is 4.39 Å². The minimum Gasteiger partial charge on any atom is -0.494 e. The summed E-state index contributed by atoms with van der Waals surface area (Å²) in [6.45, 7) is 0. The zero-order valence-electron chi connectivity index (χ0n) is 11.6. The number of nitrogens with one attached hydrogen (secondary N) is 1. The number of hydrogen-bond donors (Lipinski definition) is 1. The Kier molecular flexibility index (Phi) is 5.44. The minimum absolute atomic E-state index is 0.0599. The van der Waals surface area contributed by atoms with Crippen molar-refractivity contribution >= 4 is 11.8 Å². The lowest BCUT2D eigenvalue weighted by atomic mass is 10.1. The molecule has 2 aromatic carbocycles. The first-order chi connectivity index (χ1) is 9.76. The number of hydrogen-bond acceptors (Lipinski definition) is 3. The standard InChI is InChI=1S/C16H18FNOS/c1-18-14(11-20-12-7-4-3-5-8-12)13-9-6-10-15(19-2)16(13)17/h3-10,14,18H,11H2,1-2H3. The van der Waals surface area contributed by atoms with Crippen molar-refractivity contribution in [3.63, 3.8) is 0 Å². The molecule has 2 nitrogen and oxygen atoms in total. The van der Waals surface area contributed by atoms with E-state index in [-0.39, 0.29) is 17.6 Å². The summed E-state index contributed by atoms with van der Waals surface area (Å²) in [5.41, 5.74) is 0.635. The Hall–Kier alpha value is -1.52. The lowest BCUT2D eigenvalue weighted by Crippen LogP contribution is -2.20. The SMILES string of the molecule is CNC(CSc1ccccc1)c1cccc(OC)c1F. The predicted octanol–water partition coefficient (Wildman–Crippen LogP) is 3.89. The fourth-order valence-electron chi connectivity index (χ4n) is 1.98. The first-order valence-electron chi connectivity index (χ1n) is 6.43. The van der Waals surface area contributed by atoms with Crippen molar-refractivity contribution in [2.24, 2.45) is 0 Å². The molecular weight excluding hydrogens is 273 g/mol. The van der Waals surface area contributed by atoms with Gasteiger partial charge in [0.05, 0.1) is 7.11 Å². The van der Waals surface area contributed by atoms with Crippen LogP contribution in [0.4, 0.5) is 4.39 Å². The van der Waals surface area contributed by atoms with Gasteiger partial charge in [-0.25, -0.2) is 4.39 Å². The highest BCUT2D eigenvalue weighted by atomic mass is 32.2. The highest BCUT2D eigenvalue weighted by Crippen LogP contribution is 2.29. The van der Waals surface area contributed by atoms with E-state index in [2.05, 4.69) is 17.4 Å². The number of ether oxygens (including phenoxy) is 1. The van der Waals surface area contributed by atoms with Gasteiger partial charge in [-0.3, -0.25) is 0 Å². The highest BCUT2D eigenvalue weighted by molar-refractivity contribution is 7.99. The van der Waals surface area contributed by atoms with Gasteiger partial charge < -0.3 is 10.1 Å². The maximum atomic E-state index is 14.3. The topological polar surface area (TPSA) is 21.3 Å². The molecule has 0 heterocycles. The summed E-state index contributed by atoms with van der Waals surface area (Å²) in [4.78, 5) is 1.18. The van der Waals surface area contributed by atoms with Gasteiger partial charge in [-0.15, -0.1) is 11.8 Å². The molecule has 0 saturated heterocycles. The third-order valence-corrected chi connectivity index (χ3v) is 4.20. The molecule has 2 rings (SSSR count). The molecule has 0 fully saturated rings. The quantitative estimate of drug-likeness (QED) is 0.816. The number of rotatable bonds is 6.